The van der Waals surface area contributed by atoms with E-state index in [0.29, 0.717) is 0 Å². The molecule has 0 aromatic heterocycles. The molecule has 0 saturated heterocycles. The van der Waals surface area contributed by atoms with E-state index in [2.05, 4.69) is 0 Å². The molecule has 0 radical (unpaired) electrons. The summed E-state index contributed by atoms with van der Waals surface area (Å²) in [5.74, 6) is -0.313. The third-order valence-corrected chi connectivity index (χ3v) is 1.70. The summed E-state index contributed by atoms with van der Waals surface area (Å²) in [6.45, 7) is -3.76. The van der Waals surface area contributed by atoms with Gasteiger partial charge in [-0.3, -0.25) is 0 Å². The Bertz CT molecular complexity index is 295. The van der Waals surface area contributed by atoms with E-state index in [1.807, 2.05) is 0 Å². The number of halogens is 3. The second kappa shape index (κ2) is 2.73. The fraction of sp³-hybridized carbons (Fsp3) is 0.143. The van der Waals surface area contributed by atoms with Gasteiger partial charge in [0, 0.05) is 0 Å². The Kier molecular flexibility index (Phi) is 2.04. The maximum absolute atomic E-state index is 12.2. The minimum Gasteiger partial charge on any atom is -0.508 e. The van der Waals surface area contributed by atoms with Crippen molar-refractivity contribution in [2.45, 2.75) is 6.92 Å². The monoisotopic (exact) mass is 175 g/mol. The Hall–Kier alpha value is -1.13. The summed E-state index contributed by atoms with van der Waals surface area (Å²) >= 11 is 0. The van der Waals surface area contributed by atoms with Crippen LogP contribution in [0, 0.1) is 6.92 Å². The lowest BCUT2D eigenvalue weighted by atomic mass is 9.77. The van der Waals surface area contributed by atoms with Gasteiger partial charge in [-0.15, -0.1) is 5.46 Å². The number of aromatic hydroxyl groups is 1. The second-order valence-electron chi connectivity index (χ2n) is 2.57. The molecule has 0 spiro atoms. The van der Waals surface area contributed by atoms with Gasteiger partial charge in [0.25, 0.3) is 0 Å². The van der Waals surface area contributed by atoms with Crippen molar-refractivity contribution < 1.29 is 18.1 Å². The lowest BCUT2D eigenvalue weighted by molar-refractivity contribution is 0.468. The van der Waals surface area contributed by atoms with Crippen LogP contribution in [-0.4, -0.2) is 12.1 Å². The molecule has 0 fully saturated rings. The molecule has 1 N–H and O–H groups in total. The minimum atomic E-state index is -5.01. The van der Waals surface area contributed by atoms with E-state index in [1.165, 1.54) is 19.1 Å². The van der Waals surface area contributed by atoms with Crippen molar-refractivity contribution in [1.29, 1.82) is 0 Å². The molecule has 1 aromatic rings. The second-order valence-corrected chi connectivity index (χ2v) is 2.57. The molecule has 0 saturated carbocycles. The molecule has 0 aliphatic carbocycles. The topological polar surface area (TPSA) is 20.2 Å². The van der Waals surface area contributed by atoms with Crippen LogP contribution >= 0.6 is 0 Å². The number of benzene rings is 1. The Morgan fingerprint density at radius 3 is 2.25 bits per heavy atom. The highest BCUT2D eigenvalue weighted by Gasteiger charge is 2.27. The Morgan fingerprint density at radius 2 is 1.83 bits per heavy atom. The number of phenolic OH excluding ortho intramolecular Hbond substituents is 1. The van der Waals surface area contributed by atoms with Crippen molar-refractivity contribution in [2.24, 2.45) is 0 Å². The average Bonchev–Trinajstić information content (AvgIpc) is 1.92. The maximum atomic E-state index is 12.2. The summed E-state index contributed by atoms with van der Waals surface area (Å²) in [6, 6.07) is 3.39. The highest BCUT2D eigenvalue weighted by atomic mass is 19.4. The lowest BCUT2D eigenvalue weighted by Crippen LogP contribution is -2.35. The molecular weight excluding hydrogens is 168 g/mol. The van der Waals surface area contributed by atoms with Gasteiger partial charge in [-0.05, 0) is 18.6 Å². The third kappa shape index (κ3) is 1.54. The lowest BCUT2D eigenvalue weighted by Gasteiger charge is -2.17. The first-order valence-corrected chi connectivity index (χ1v) is 3.41. The first-order valence-electron chi connectivity index (χ1n) is 3.41. The van der Waals surface area contributed by atoms with Crippen LogP contribution in [-0.2, 0) is 0 Å². The summed E-state index contributed by atoms with van der Waals surface area (Å²) in [7, 11) is 0. The number of rotatable bonds is 1. The quantitative estimate of drug-likeness (QED) is 0.644. The van der Waals surface area contributed by atoms with Gasteiger partial charge in [0.1, 0.15) is 5.75 Å². The van der Waals surface area contributed by atoms with E-state index in [1.54, 1.807) is 0 Å². The van der Waals surface area contributed by atoms with Crippen molar-refractivity contribution in [2.75, 3.05) is 0 Å². The van der Waals surface area contributed by atoms with Gasteiger partial charge < -0.3 is 18.1 Å². The fourth-order valence-electron chi connectivity index (χ4n) is 0.995. The van der Waals surface area contributed by atoms with Crippen LogP contribution in [0.2, 0.25) is 0 Å². The molecule has 0 atom stereocenters. The summed E-state index contributed by atoms with van der Waals surface area (Å²) in [5.41, 5.74) is -0.833. The molecule has 66 valence electrons. The zero-order chi connectivity index (χ0) is 9.35. The molecule has 0 amide bonds. The zero-order valence-electron chi connectivity index (χ0n) is 6.39. The molecule has 0 unspecified atom stereocenters. The normalized spacial score (nSPS) is 11.7. The van der Waals surface area contributed by atoms with Gasteiger partial charge in [0.2, 0.25) is 0 Å². The molecule has 0 aliphatic rings. The summed E-state index contributed by atoms with van der Waals surface area (Å²) in [4.78, 5) is 0. The largest absolute Gasteiger partial charge is 0.510 e. The highest BCUT2D eigenvalue weighted by Crippen LogP contribution is 2.18. The van der Waals surface area contributed by atoms with E-state index in [9.17, 15) is 12.9 Å². The van der Waals surface area contributed by atoms with Crippen LogP contribution in [0.1, 0.15) is 5.56 Å². The van der Waals surface area contributed by atoms with Gasteiger partial charge in [0.15, 0.2) is 0 Å². The molecule has 0 bridgehead atoms. The molecule has 0 heterocycles. The SMILES string of the molecule is Cc1c(O)cccc1[B-](F)(F)F. The Balaban J connectivity index is 3.26. The fourth-order valence-corrected chi connectivity index (χ4v) is 0.995. The number of phenols is 1. The van der Waals surface area contributed by atoms with E-state index >= 15 is 0 Å². The van der Waals surface area contributed by atoms with Crippen LogP contribution in [0.5, 0.6) is 5.75 Å². The van der Waals surface area contributed by atoms with E-state index in [4.69, 9.17) is 5.11 Å². The van der Waals surface area contributed by atoms with Gasteiger partial charge in [-0.1, -0.05) is 12.1 Å². The Labute approximate surface area is 67.9 Å². The van der Waals surface area contributed by atoms with Crippen LogP contribution < -0.4 is 5.46 Å². The highest BCUT2D eigenvalue weighted by molar-refractivity contribution is 6.74. The van der Waals surface area contributed by atoms with Crippen LogP contribution in [0.3, 0.4) is 0 Å². The standard InChI is InChI=1S/C7H7BF3O/c1-5-6(8(9,10)11)3-2-4-7(5)12/h2-4,12H,1H3/q-1. The van der Waals surface area contributed by atoms with Gasteiger partial charge in [-0.2, -0.15) is 0 Å². The van der Waals surface area contributed by atoms with Crippen LogP contribution in [0.4, 0.5) is 12.9 Å². The molecule has 1 rings (SSSR count). The maximum Gasteiger partial charge on any atom is 0.510 e. The number of hydrogen-bond acceptors (Lipinski definition) is 1. The smallest absolute Gasteiger partial charge is 0.508 e. The van der Waals surface area contributed by atoms with Gasteiger partial charge >= 0.3 is 6.98 Å². The third-order valence-electron chi connectivity index (χ3n) is 1.70. The van der Waals surface area contributed by atoms with E-state index in [0.717, 1.165) is 6.07 Å². The van der Waals surface area contributed by atoms with Crippen molar-refractivity contribution in [3.05, 3.63) is 23.8 Å². The van der Waals surface area contributed by atoms with Crippen molar-refractivity contribution >= 4 is 12.4 Å². The van der Waals surface area contributed by atoms with Crippen molar-refractivity contribution in [3.63, 3.8) is 0 Å². The van der Waals surface area contributed by atoms with E-state index in [-0.39, 0.29) is 11.3 Å². The van der Waals surface area contributed by atoms with Crippen LogP contribution in [0.25, 0.3) is 0 Å². The summed E-state index contributed by atoms with van der Waals surface area (Å²) < 4.78 is 36.5. The van der Waals surface area contributed by atoms with Gasteiger partial charge in [-0.25, -0.2) is 0 Å². The molecule has 1 nitrogen and oxygen atoms in total. The van der Waals surface area contributed by atoms with E-state index < -0.39 is 12.4 Å². The van der Waals surface area contributed by atoms with Gasteiger partial charge in [0.05, 0.1) is 0 Å². The average molecular weight is 175 g/mol. The predicted octanol–water partition coefficient (Wildman–Crippen LogP) is 1.76. The summed E-state index contributed by atoms with van der Waals surface area (Å²) in [6.07, 6.45) is 0. The first-order chi connectivity index (χ1) is 5.43. The molecule has 0 aliphatic heterocycles. The molecular formula is C7H7BF3O-. The predicted molar refractivity (Wildman–Crippen MR) is 41.6 cm³/mol. The molecule has 5 heteroatoms. The van der Waals surface area contributed by atoms with Crippen LogP contribution in [0.15, 0.2) is 18.2 Å². The minimum absolute atomic E-state index is 0.106. The molecule has 1 aromatic carbocycles. The number of hydrogen-bond donors (Lipinski definition) is 1. The Morgan fingerprint density at radius 1 is 1.25 bits per heavy atom. The summed E-state index contributed by atoms with van der Waals surface area (Å²) in [5, 5.41) is 8.97. The van der Waals surface area contributed by atoms with Crippen molar-refractivity contribution in [3.8, 4) is 5.75 Å². The first kappa shape index (κ1) is 8.97. The van der Waals surface area contributed by atoms with Crippen molar-refractivity contribution in [1.82, 2.24) is 0 Å². The zero-order valence-corrected chi connectivity index (χ0v) is 6.39. The molecule has 12 heavy (non-hydrogen) atoms.